The van der Waals surface area contributed by atoms with Crippen molar-refractivity contribution in [2.45, 2.75) is 6.04 Å². The first-order valence-electron chi connectivity index (χ1n) is 7.17. The number of benzene rings is 1. The minimum Gasteiger partial charge on any atom is -0.353 e. The lowest BCUT2D eigenvalue weighted by Crippen LogP contribution is -2.50. The van der Waals surface area contributed by atoms with Crippen LogP contribution in [0.15, 0.2) is 30.3 Å². The van der Waals surface area contributed by atoms with E-state index in [9.17, 15) is 4.79 Å². The lowest BCUT2D eigenvalue weighted by Gasteiger charge is -2.37. The van der Waals surface area contributed by atoms with Crippen molar-refractivity contribution in [3.8, 4) is 0 Å². The molecule has 7 heteroatoms. The molecule has 0 bridgehead atoms. The molecule has 1 atom stereocenters. The van der Waals surface area contributed by atoms with Crippen LogP contribution in [0.2, 0.25) is 0 Å². The van der Waals surface area contributed by atoms with Gasteiger partial charge >= 0.3 is 0 Å². The summed E-state index contributed by atoms with van der Waals surface area (Å²) in [6.45, 7) is 4.80. The Bertz CT molecular complexity index is 425. The van der Waals surface area contributed by atoms with Crippen LogP contribution < -0.4 is 11.1 Å². The van der Waals surface area contributed by atoms with Crippen LogP contribution in [-0.4, -0.2) is 62.0 Å². The fourth-order valence-electron chi connectivity index (χ4n) is 2.54. The lowest BCUT2D eigenvalue weighted by molar-refractivity contribution is -0.127. The van der Waals surface area contributed by atoms with Crippen molar-refractivity contribution in [2.24, 2.45) is 5.73 Å². The van der Waals surface area contributed by atoms with Crippen LogP contribution in [0.4, 0.5) is 0 Å². The van der Waals surface area contributed by atoms with Gasteiger partial charge in [-0.25, -0.2) is 0 Å². The summed E-state index contributed by atoms with van der Waals surface area (Å²) in [4.78, 5) is 17.0. The number of likely N-dealkylation sites (N-methyl/N-ethyl adjacent to an activating group) is 1. The van der Waals surface area contributed by atoms with Gasteiger partial charge in [0.1, 0.15) is 6.04 Å². The second-order valence-corrected chi connectivity index (χ2v) is 5.23. The molecule has 1 aliphatic rings. The molecule has 0 radical (unpaired) electrons. The number of piperazine rings is 1. The van der Waals surface area contributed by atoms with Gasteiger partial charge in [0.05, 0.1) is 0 Å². The van der Waals surface area contributed by atoms with Crippen molar-refractivity contribution in [3.05, 3.63) is 35.9 Å². The average molecular weight is 349 g/mol. The van der Waals surface area contributed by atoms with Crippen molar-refractivity contribution in [1.29, 1.82) is 0 Å². The standard InChI is InChI=1S/C15H24N4O.2ClH/c1-18-9-11-19(12-10-18)14(15(20)17-8-7-16)13-5-3-2-4-6-13;;/h2-6,14H,7-12,16H2,1H3,(H,17,20);2*1H. The summed E-state index contributed by atoms with van der Waals surface area (Å²) in [5, 5.41) is 2.92. The number of hydrogen-bond donors (Lipinski definition) is 2. The maximum absolute atomic E-state index is 12.5. The molecular formula is C15H26Cl2N4O. The molecular weight excluding hydrogens is 323 g/mol. The quantitative estimate of drug-likeness (QED) is 0.829. The highest BCUT2D eigenvalue weighted by Crippen LogP contribution is 2.22. The van der Waals surface area contributed by atoms with Gasteiger partial charge in [-0.3, -0.25) is 9.69 Å². The van der Waals surface area contributed by atoms with E-state index in [0.717, 1.165) is 31.7 Å². The van der Waals surface area contributed by atoms with Gasteiger partial charge in [0.2, 0.25) is 5.91 Å². The highest BCUT2D eigenvalue weighted by Gasteiger charge is 2.29. The molecule has 1 amide bonds. The van der Waals surface area contributed by atoms with E-state index in [1.165, 1.54) is 0 Å². The predicted octanol–water partition coefficient (Wildman–Crippen LogP) is 0.894. The monoisotopic (exact) mass is 348 g/mol. The molecule has 5 nitrogen and oxygen atoms in total. The molecule has 1 aromatic rings. The van der Waals surface area contributed by atoms with E-state index in [1.54, 1.807) is 0 Å². The van der Waals surface area contributed by atoms with Crippen LogP contribution in [0.5, 0.6) is 0 Å². The Balaban J connectivity index is 0.00000220. The minimum absolute atomic E-state index is 0. The number of carbonyl (C=O) groups excluding carboxylic acids is 1. The Morgan fingerprint density at radius 3 is 2.32 bits per heavy atom. The van der Waals surface area contributed by atoms with Crippen molar-refractivity contribution in [2.75, 3.05) is 46.3 Å². The molecule has 3 N–H and O–H groups in total. The third kappa shape index (κ3) is 5.74. The van der Waals surface area contributed by atoms with Gasteiger partial charge in [-0.15, -0.1) is 24.8 Å². The molecule has 2 rings (SSSR count). The third-order valence-electron chi connectivity index (χ3n) is 3.71. The molecule has 0 aliphatic carbocycles. The zero-order valence-corrected chi connectivity index (χ0v) is 14.5. The van der Waals surface area contributed by atoms with Crippen LogP contribution >= 0.6 is 24.8 Å². The molecule has 1 heterocycles. The van der Waals surface area contributed by atoms with Crippen LogP contribution in [-0.2, 0) is 4.79 Å². The maximum Gasteiger partial charge on any atom is 0.242 e. The second kappa shape index (κ2) is 10.8. The Morgan fingerprint density at radius 1 is 1.18 bits per heavy atom. The van der Waals surface area contributed by atoms with Gasteiger partial charge in [-0.1, -0.05) is 30.3 Å². The number of hydrogen-bond acceptors (Lipinski definition) is 4. The van der Waals surface area contributed by atoms with Gasteiger partial charge in [0, 0.05) is 39.3 Å². The van der Waals surface area contributed by atoms with Crippen molar-refractivity contribution < 1.29 is 4.79 Å². The zero-order valence-electron chi connectivity index (χ0n) is 12.9. The normalized spacial score (nSPS) is 17.0. The fourth-order valence-corrected chi connectivity index (χ4v) is 2.54. The third-order valence-corrected chi connectivity index (χ3v) is 3.71. The molecule has 0 aromatic heterocycles. The molecule has 0 saturated carbocycles. The summed E-state index contributed by atoms with van der Waals surface area (Å²) in [6, 6.07) is 9.76. The van der Waals surface area contributed by atoms with Crippen LogP contribution in [0.25, 0.3) is 0 Å². The van der Waals surface area contributed by atoms with Crippen LogP contribution in [0, 0.1) is 0 Å². The van der Waals surface area contributed by atoms with Gasteiger partial charge in [-0.2, -0.15) is 0 Å². The van der Waals surface area contributed by atoms with Gasteiger partial charge < -0.3 is 16.0 Å². The number of halogens is 2. The first-order chi connectivity index (χ1) is 9.72. The maximum atomic E-state index is 12.5. The molecule has 126 valence electrons. The number of nitrogens with zero attached hydrogens (tertiary/aromatic N) is 2. The summed E-state index contributed by atoms with van der Waals surface area (Å²) in [5.74, 6) is 0.0474. The number of amides is 1. The summed E-state index contributed by atoms with van der Waals surface area (Å²) in [5.41, 5.74) is 6.53. The molecule has 1 saturated heterocycles. The van der Waals surface area contributed by atoms with E-state index in [0.29, 0.717) is 13.1 Å². The van der Waals surface area contributed by atoms with Gasteiger partial charge in [0.15, 0.2) is 0 Å². The van der Waals surface area contributed by atoms with E-state index in [2.05, 4.69) is 22.2 Å². The SMILES string of the molecule is CN1CCN(C(C(=O)NCCN)c2ccccc2)CC1.Cl.Cl. The fraction of sp³-hybridized carbons (Fsp3) is 0.533. The Morgan fingerprint density at radius 2 is 1.77 bits per heavy atom. The van der Waals surface area contributed by atoms with E-state index < -0.39 is 0 Å². The number of rotatable bonds is 5. The molecule has 1 aliphatic heterocycles. The van der Waals surface area contributed by atoms with E-state index in [-0.39, 0.29) is 36.8 Å². The average Bonchev–Trinajstić information content (AvgIpc) is 2.48. The highest BCUT2D eigenvalue weighted by atomic mass is 35.5. The second-order valence-electron chi connectivity index (χ2n) is 5.23. The molecule has 1 unspecified atom stereocenters. The molecule has 0 spiro atoms. The molecule has 22 heavy (non-hydrogen) atoms. The first-order valence-corrected chi connectivity index (χ1v) is 7.17. The number of nitrogens with two attached hydrogens (primary N) is 1. The predicted molar refractivity (Wildman–Crippen MR) is 94.8 cm³/mol. The van der Waals surface area contributed by atoms with Crippen molar-refractivity contribution in [1.82, 2.24) is 15.1 Å². The van der Waals surface area contributed by atoms with Crippen LogP contribution in [0.3, 0.4) is 0 Å². The highest BCUT2D eigenvalue weighted by molar-refractivity contribution is 5.85. The van der Waals surface area contributed by atoms with E-state index in [4.69, 9.17) is 5.73 Å². The number of carbonyl (C=O) groups is 1. The Labute approximate surface area is 145 Å². The lowest BCUT2D eigenvalue weighted by atomic mass is 10.0. The number of nitrogens with one attached hydrogen (secondary N) is 1. The summed E-state index contributed by atoms with van der Waals surface area (Å²) in [7, 11) is 2.11. The molecule has 1 fully saturated rings. The molecule has 1 aromatic carbocycles. The Kier molecular flexibility index (Phi) is 10.4. The Hall–Kier alpha value is -0.850. The summed E-state index contributed by atoms with van der Waals surface area (Å²) < 4.78 is 0. The topological polar surface area (TPSA) is 61.6 Å². The first kappa shape index (κ1) is 21.1. The summed E-state index contributed by atoms with van der Waals surface area (Å²) >= 11 is 0. The smallest absolute Gasteiger partial charge is 0.242 e. The van der Waals surface area contributed by atoms with Gasteiger partial charge in [-0.05, 0) is 12.6 Å². The van der Waals surface area contributed by atoms with Crippen molar-refractivity contribution >= 4 is 30.7 Å². The van der Waals surface area contributed by atoms with Crippen molar-refractivity contribution in [3.63, 3.8) is 0 Å². The largest absolute Gasteiger partial charge is 0.353 e. The van der Waals surface area contributed by atoms with E-state index >= 15 is 0 Å². The van der Waals surface area contributed by atoms with E-state index in [1.807, 2.05) is 30.3 Å². The van der Waals surface area contributed by atoms with Gasteiger partial charge in [0.25, 0.3) is 0 Å². The summed E-state index contributed by atoms with van der Waals surface area (Å²) in [6.07, 6.45) is 0. The minimum atomic E-state index is -0.212. The zero-order chi connectivity index (χ0) is 14.4. The van der Waals surface area contributed by atoms with Crippen LogP contribution in [0.1, 0.15) is 11.6 Å².